The van der Waals surface area contributed by atoms with Crippen LogP contribution < -0.4 is 0 Å². The zero-order chi connectivity index (χ0) is 18.8. The van der Waals surface area contributed by atoms with Gasteiger partial charge in [-0.3, -0.25) is 9.78 Å². The van der Waals surface area contributed by atoms with Crippen LogP contribution in [0.3, 0.4) is 0 Å². The highest BCUT2D eigenvalue weighted by molar-refractivity contribution is 7.61. The van der Waals surface area contributed by atoms with Gasteiger partial charge in [0.25, 0.3) is 0 Å². The minimum Gasteiger partial charge on any atom is -0.481 e. The van der Waals surface area contributed by atoms with Crippen LogP contribution >= 0.6 is 0 Å². The van der Waals surface area contributed by atoms with Gasteiger partial charge in [0.2, 0.25) is 0 Å². The van der Waals surface area contributed by atoms with Crippen LogP contribution in [0.15, 0.2) is 59.2 Å². The number of carboxylic acids is 1. The van der Waals surface area contributed by atoms with Gasteiger partial charge >= 0.3 is 16.5 Å². The number of benzene rings is 1. The summed E-state index contributed by atoms with van der Waals surface area (Å²) in [5.41, 5.74) is 2.49. The van der Waals surface area contributed by atoms with E-state index in [9.17, 15) is 18.3 Å². The Hall–Kier alpha value is -2.80. The van der Waals surface area contributed by atoms with E-state index >= 15 is 0 Å². The van der Waals surface area contributed by atoms with Crippen molar-refractivity contribution >= 4 is 22.5 Å². The van der Waals surface area contributed by atoms with Crippen LogP contribution in [-0.4, -0.2) is 31.0 Å². The monoisotopic (exact) mass is 372 g/mol. The van der Waals surface area contributed by atoms with E-state index in [0.29, 0.717) is 24.8 Å². The number of hydrogen-bond acceptors (Lipinski definition) is 5. The topological polar surface area (TPSA) is 96.7 Å². The first-order valence-electron chi connectivity index (χ1n) is 8.22. The summed E-state index contributed by atoms with van der Waals surface area (Å²) in [7, 11) is -2.45. The highest BCUT2D eigenvalue weighted by atomic mass is 32.2. The highest BCUT2D eigenvalue weighted by Gasteiger charge is 2.21. The third-order valence-corrected chi connectivity index (χ3v) is 4.32. The highest BCUT2D eigenvalue weighted by Crippen LogP contribution is 2.26. The van der Waals surface area contributed by atoms with Gasteiger partial charge in [0.1, 0.15) is 0 Å². The molecule has 0 aliphatic carbocycles. The smallest absolute Gasteiger partial charge is 0.311 e. The predicted octanol–water partition coefficient (Wildman–Crippen LogP) is 3.35. The number of rotatable bonds is 9. The van der Waals surface area contributed by atoms with Crippen LogP contribution in [0.2, 0.25) is 0 Å². The van der Waals surface area contributed by atoms with Crippen molar-refractivity contribution < 1.29 is 18.3 Å². The fourth-order valence-corrected chi connectivity index (χ4v) is 2.95. The number of nitrogens with zero attached hydrogens (tertiary/aromatic N) is 2. The molecular formula is C19H20N2O4S. The summed E-state index contributed by atoms with van der Waals surface area (Å²) in [6.07, 6.45) is 8.74. The summed E-state index contributed by atoms with van der Waals surface area (Å²) in [6.45, 7) is 0.111. The van der Waals surface area contributed by atoms with Crippen LogP contribution in [0.1, 0.15) is 35.4 Å². The molecule has 1 aromatic carbocycles. The van der Waals surface area contributed by atoms with Crippen molar-refractivity contribution in [2.75, 3.05) is 6.54 Å². The molecule has 26 heavy (non-hydrogen) atoms. The number of aromatic nitrogens is 1. The van der Waals surface area contributed by atoms with Crippen molar-refractivity contribution in [1.82, 2.24) is 4.98 Å². The summed E-state index contributed by atoms with van der Waals surface area (Å²) < 4.78 is 24.5. The van der Waals surface area contributed by atoms with Gasteiger partial charge in [-0.2, -0.15) is 12.8 Å². The van der Waals surface area contributed by atoms with Crippen molar-refractivity contribution in [3.05, 3.63) is 71.6 Å². The molecule has 0 saturated heterocycles. The molecule has 6 nitrogen and oxygen atoms in total. The molecule has 0 bridgehead atoms. The molecule has 0 spiro atoms. The van der Waals surface area contributed by atoms with Gasteiger partial charge in [0, 0.05) is 12.4 Å². The minimum atomic E-state index is -2.45. The molecule has 0 aliphatic heterocycles. The van der Waals surface area contributed by atoms with Gasteiger partial charge in [-0.15, -0.1) is 0 Å². The normalized spacial score (nSPS) is 12.0. The first-order valence-corrected chi connectivity index (χ1v) is 9.25. The van der Waals surface area contributed by atoms with E-state index in [4.69, 9.17) is 0 Å². The Morgan fingerprint density at radius 1 is 1.23 bits per heavy atom. The molecule has 0 aliphatic rings. The molecule has 1 unspecified atom stereocenters. The summed E-state index contributed by atoms with van der Waals surface area (Å²) in [6, 6.07) is 11.0. The number of pyridine rings is 1. The quantitative estimate of drug-likeness (QED) is 0.728. The Kier molecular flexibility index (Phi) is 7.70. The summed E-state index contributed by atoms with van der Waals surface area (Å²) in [5.74, 6) is -1.54. The van der Waals surface area contributed by atoms with E-state index in [0.717, 1.165) is 11.1 Å². The Morgan fingerprint density at radius 3 is 2.73 bits per heavy atom. The van der Waals surface area contributed by atoms with E-state index in [-0.39, 0.29) is 6.54 Å². The van der Waals surface area contributed by atoms with E-state index in [1.165, 1.54) is 0 Å². The van der Waals surface area contributed by atoms with Crippen LogP contribution in [0.4, 0.5) is 0 Å². The second-order valence-electron chi connectivity index (χ2n) is 5.68. The van der Waals surface area contributed by atoms with Crippen molar-refractivity contribution in [2.24, 2.45) is 4.36 Å². The predicted molar refractivity (Wildman–Crippen MR) is 99.2 cm³/mol. The lowest BCUT2D eigenvalue weighted by Gasteiger charge is -2.16. The minimum absolute atomic E-state index is 0.111. The maximum Gasteiger partial charge on any atom is 0.311 e. The third kappa shape index (κ3) is 6.25. The van der Waals surface area contributed by atoms with Gasteiger partial charge in [0.15, 0.2) is 0 Å². The van der Waals surface area contributed by atoms with Crippen LogP contribution in [-0.2, 0) is 21.7 Å². The Labute approximate surface area is 153 Å². The van der Waals surface area contributed by atoms with Gasteiger partial charge in [0.05, 0.1) is 12.5 Å². The van der Waals surface area contributed by atoms with E-state index in [1.807, 2.05) is 36.4 Å². The zero-order valence-corrected chi connectivity index (χ0v) is 15.0. The molecule has 1 heterocycles. The molecule has 1 atom stereocenters. The molecule has 0 fully saturated rings. The molecular weight excluding hydrogens is 352 g/mol. The van der Waals surface area contributed by atoms with Gasteiger partial charge in [-0.1, -0.05) is 42.5 Å². The zero-order valence-electron chi connectivity index (χ0n) is 14.2. The molecule has 0 saturated carbocycles. The first kappa shape index (κ1) is 19.5. The van der Waals surface area contributed by atoms with Crippen molar-refractivity contribution in [1.29, 1.82) is 0 Å². The molecule has 2 aromatic rings. The molecule has 1 aromatic heterocycles. The second-order valence-corrected chi connectivity index (χ2v) is 6.37. The Balaban J connectivity index is 2.08. The lowest BCUT2D eigenvalue weighted by Crippen LogP contribution is -2.14. The van der Waals surface area contributed by atoms with Crippen molar-refractivity contribution in [3.8, 4) is 0 Å². The average molecular weight is 372 g/mol. The first-order chi connectivity index (χ1) is 12.6. The fraction of sp³-hybridized carbons (Fsp3) is 0.263. The number of hydrogen-bond donors (Lipinski definition) is 1. The number of carboxylic acid groups (broad SMARTS) is 1. The molecule has 1 N–H and O–H groups in total. The Morgan fingerprint density at radius 2 is 2.04 bits per heavy atom. The molecule has 136 valence electrons. The molecule has 0 radical (unpaired) electrons. The van der Waals surface area contributed by atoms with E-state index in [2.05, 4.69) is 9.35 Å². The average Bonchev–Trinajstić information content (AvgIpc) is 2.63. The van der Waals surface area contributed by atoms with Crippen LogP contribution in [0.5, 0.6) is 0 Å². The second kappa shape index (κ2) is 10.2. The van der Waals surface area contributed by atoms with Crippen molar-refractivity contribution in [3.63, 3.8) is 0 Å². The maximum absolute atomic E-state index is 11.7. The van der Waals surface area contributed by atoms with Gasteiger partial charge in [-0.25, -0.2) is 0 Å². The maximum atomic E-state index is 11.7. The van der Waals surface area contributed by atoms with E-state index in [1.54, 1.807) is 24.5 Å². The van der Waals surface area contributed by atoms with Gasteiger partial charge in [-0.05, 0) is 42.0 Å². The van der Waals surface area contributed by atoms with Crippen LogP contribution in [0.25, 0.3) is 6.08 Å². The summed E-state index contributed by atoms with van der Waals surface area (Å²) >= 11 is 0. The third-order valence-electron chi connectivity index (χ3n) is 3.92. The van der Waals surface area contributed by atoms with Crippen LogP contribution in [0, 0.1) is 0 Å². The summed E-state index contributed by atoms with van der Waals surface area (Å²) in [5, 5.41) is 9.62. The number of allylic oxidation sites excluding steroid dienone is 1. The SMILES string of the molecule is O=C(O)C(CCC=Cc1cccnc1)c1ccccc1CCN=S(=O)=O. The lowest BCUT2D eigenvalue weighted by molar-refractivity contribution is -0.139. The molecule has 7 heteroatoms. The fourth-order valence-electron chi connectivity index (χ4n) is 2.71. The molecule has 0 amide bonds. The lowest BCUT2D eigenvalue weighted by atomic mass is 9.89. The van der Waals surface area contributed by atoms with Crippen molar-refractivity contribution in [2.45, 2.75) is 25.2 Å². The van der Waals surface area contributed by atoms with Gasteiger partial charge < -0.3 is 5.11 Å². The largest absolute Gasteiger partial charge is 0.481 e. The number of carbonyl (C=O) groups is 1. The summed E-state index contributed by atoms with van der Waals surface area (Å²) in [4.78, 5) is 15.8. The Bertz CT molecular complexity index is 885. The standard InChI is InChI=1S/C19H20N2O4S/c22-19(23)18(10-3-1-6-15-7-5-12-20-14-15)17-9-4-2-8-16(17)11-13-21-26(24)25/h1-2,4-9,12,14,18H,3,10-11,13H2,(H,22,23). The number of aliphatic carboxylic acids is 1. The molecule has 2 rings (SSSR count). The van der Waals surface area contributed by atoms with E-state index < -0.39 is 22.4 Å².